The molecule has 0 amide bonds. The maximum absolute atomic E-state index is 5.49. The van der Waals surface area contributed by atoms with E-state index in [1.165, 1.54) is 69.7 Å². The Labute approximate surface area is 234 Å². The van der Waals surface area contributed by atoms with Crippen molar-refractivity contribution >= 4 is 153 Å². The van der Waals surface area contributed by atoms with Crippen LogP contribution >= 0.6 is 153 Å². The maximum Gasteiger partial charge on any atom is 0.145 e. The van der Waals surface area contributed by atoms with E-state index in [1.807, 2.05) is 140 Å². The molecule has 4 rings (SSSR count). The summed E-state index contributed by atoms with van der Waals surface area (Å²) in [6, 6.07) is 0. The van der Waals surface area contributed by atoms with Gasteiger partial charge in [-0.2, -0.15) is 0 Å². The molecule has 4 heterocycles. The summed E-state index contributed by atoms with van der Waals surface area (Å²) in [5, 5.41) is 0. The van der Waals surface area contributed by atoms with E-state index in [4.69, 9.17) is 12.2 Å². The van der Waals surface area contributed by atoms with Crippen LogP contribution in [-0.4, -0.2) is 35.5 Å². The summed E-state index contributed by atoms with van der Waals surface area (Å²) in [4.78, 5) is 0. The number of rotatable bonds is 2. The average molecular weight is 639 g/mol. The zero-order valence-electron chi connectivity index (χ0n) is 16.0. The van der Waals surface area contributed by atoms with Crippen molar-refractivity contribution in [2.24, 2.45) is 0 Å². The van der Waals surface area contributed by atoms with E-state index in [9.17, 15) is 0 Å². The van der Waals surface area contributed by atoms with Crippen LogP contribution in [0.15, 0.2) is 33.8 Å². The van der Waals surface area contributed by atoms with Crippen LogP contribution < -0.4 is 0 Å². The standard InChI is InChI=1S/C17H18S13/c1-19-9-11-21-5-3-7-23-13-14(30-17(18)29-13)24-8-4-6-22-12-10(20-2)26-16(28-12)15(25-9)27-11/h3-8H2,1-2H3/b16-15-. The molecule has 0 saturated carbocycles. The molecule has 0 aromatic carbocycles. The molecular weight excluding hydrogens is 621 g/mol. The molecule has 1 aromatic rings. The molecule has 0 saturated heterocycles. The average Bonchev–Trinajstić information content (AvgIpc) is 3.43. The molecule has 1 aromatic heterocycles. The normalized spacial score (nSPS) is 24.2. The molecule has 0 fully saturated rings. The number of thioether (sulfide) groups is 10. The van der Waals surface area contributed by atoms with Gasteiger partial charge < -0.3 is 0 Å². The van der Waals surface area contributed by atoms with Crippen molar-refractivity contribution in [1.29, 1.82) is 0 Å². The van der Waals surface area contributed by atoms with E-state index >= 15 is 0 Å². The van der Waals surface area contributed by atoms with Gasteiger partial charge in [-0.15, -0.1) is 93.2 Å². The van der Waals surface area contributed by atoms with Crippen LogP contribution in [0.3, 0.4) is 0 Å². The molecule has 0 spiro atoms. The Morgan fingerprint density at radius 3 is 1.47 bits per heavy atom. The highest BCUT2D eigenvalue weighted by Crippen LogP contribution is 2.65. The predicted molar refractivity (Wildman–Crippen MR) is 167 cm³/mol. The Bertz CT molecular complexity index is 848. The Balaban J connectivity index is 1.50. The Morgan fingerprint density at radius 1 is 0.600 bits per heavy atom. The molecule has 4 bridgehead atoms. The first kappa shape index (κ1) is 26.1. The van der Waals surface area contributed by atoms with Gasteiger partial charge in [0.05, 0.1) is 33.8 Å². The third-order valence-electron chi connectivity index (χ3n) is 3.64. The minimum absolute atomic E-state index is 1.07. The highest BCUT2D eigenvalue weighted by Gasteiger charge is 2.30. The van der Waals surface area contributed by atoms with Crippen LogP contribution in [0.4, 0.5) is 0 Å². The van der Waals surface area contributed by atoms with Crippen molar-refractivity contribution in [2.45, 2.75) is 21.3 Å². The molecule has 3 aliphatic heterocycles. The fourth-order valence-electron chi connectivity index (χ4n) is 2.35. The third-order valence-corrected chi connectivity index (χ3v) is 20.8. The molecule has 0 nitrogen and oxygen atoms in total. The molecular formula is C17H18S13. The first-order valence-corrected chi connectivity index (χ1v) is 20.5. The molecule has 0 aliphatic carbocycles. The molecule has 13 heteroatoms. The molecule has 0 atom stereocenters. The number of hydrogen-bond donors (Lipinski definition) is 0. The zero-order chi connectivity index (χ0) is 20.9. The zero-order valence-corrected chi connectivity index (χ0v) is 26.7. The van der Waals surface area contributed by atoms with E-state index in [-0.39, 0.29) is 0 Å². The molecule has 164 valence electrons. The van der Waals surface area contributed by atoms with Crippen LogP contribution in [0.1, 0.15) is 12.8 Å². The summed E-state index contributed by atoms with van der Waals surface area (Å²) in [6.45, 7) is 0. The van der Waals surface area contributed by atoms with Gasteiger partial charge in [-0.3, -0.25) is 0 Å². The molecule has 0 unspecified atom stereocenters. The first-order chi connectivity index (χ1) is 14.7. The Kier molecular flexibility index (Phi) is 11.6. The minimum Gasteiger partial charge on any atom is -0.121 e. The lowest BCUT2D eigenvalue weighted by Gasteiger charge is -2.06. The van der Waals surface area contributed by atoms with Crippen molar-refractivity contribution in [3.8, 4) is 0 Å². The van der Waals surface area contributed by atoms with E-state index in [0.29, 0.717) is 0 Å². The first-order valence-electron chi connectivity index (χ1n) is 8.85. The molecule has 3 aliphatic rings. The third kappa shape index (κ3) is 7.02. The molecule has 0 radical (unpaired) electrons. The van der Waals surface area contributed by atoms with E-state index < -0.39 is 0 Å². The second-order valence-electron chi connectivity index (χ2n) is 5.67. The lowest BCUT2D eigenvalue weighted by molar-refractivity contribution is 1.12. The minimum atomic E-state index is 1.07. The Hall–Kier alpha value is 2.99. The fourth-order valence-corrected chi connectivity index (χ4v) is 20.0. The molecule has 30 heavy (non-hydrogen) atoms. The van der Waals surface area contributed by atoms with Gasteiger partial charge in [0.15, 0.2) is 0 Å². The Morgan fingerprint density at radius 2 is 1.03 bits per heavy atom. The summed E-state index contributed by atoms with van der Waals surface area (Å²) in [5.41, 5.74) is 0. The molecule has 0 N–H and O–H groups in total. The quantitative estimate of drug-likeness (QED) is 0.284. The van der Waals surface area contributed by atoms with E-state index in [2.05, 4.69) is 12.5 Å². The SMILES string of the molecule is CSC1=C2SCCCSc3sc(=S)sc3SCCCSC3=C(SC)S/C(=C(\S1)S2)S3. The largest absolute Gasteiger partial charge is 0.145 e. The van der Waals surface area contributed by atoms with Crippen molar-refractivity contribution < 1.29 is 0 Å². The highest BCUT2D eigenvalue weighted by atomic mass is 32.3. The van der Waals surface area contributed by atoms with Gasteiger partial charge >= 0.3 is 0 Å². The van der Waals surface area contributed by atoms with Crippen LogP contribution in [-0.2, 0) is 0 Å². The van der Waals surface area contributed by atoms with Crippen molar-refractivity contribution in [2.75, 3.05) is 35.5 Å². The van der Waals surface area contributed by atoms with Crippen LogP contribution in [0, 0.1) is 3.14 Å². The second-order valence-corrected chi connectivity index (χ2v) is 21.1. The summed E-state index contributed by atoms with van der Waals surface area (Å²) < 4.78 is 13.0. The number of fused-ring (bicyclic) bond motifs is 5. The van der Waals surface area contributed by atoms with Gasteiger partial charge in [0.2, 0.25) is 0 Å². The van der Waals surface area contributed by atoms with Crippen molar-refractivity contribution in [1.82, 2.24) is 0 Å². The van der Waals surface area contributed by atoms with Crippen LogP contribution in [0.25, 0.3) is 0 Å². The topological polar surface area (TPSA) is 0 Å². The summed E-state index contributed by atoms with van der Waals surface area (Å²) in [7, 11) is 0. The second kappa shape index (κ2) is 13.3. The monoisotopic (exact) mass is 638 g/mol. The van der Waals surface area contributed by atoms with E-state index in [0.717, 1.165) is 3.14 Å². The smallest absolute Gasteiger partial charge is 0.121 e. The maximum atomic E-state index is 5.49. The van der Waals surface area contributed by atoms with Crippen molar-refractivity contribution in [3.05, 3.63) is 28.6 Å². The lowest BCUT2D eigenvalue weighted by Crippen LogP contribution is -1.86. The van der Waals surface area contributed by atoms with Gasteiger partial charge in [0.1, 0.15) is 3.14 Å². The predicted octanol–water partition coefficient (Wildman–Crippen LogP) is 11.0. The van der Waals surface area contributed by atoms with Gasteiger partial charge in [-0.1, -0.05) is 59.3 Å². The van der Waals surface area contributed by atoms with Gasteiger partial charge in [0.25, 0.3) is 0 Å². The fraction of sp³-hybridized carbons (Fsp3) is 0.471. The van der Waals surface area contributed by atoms with Crippen LogP contribution in [0.5, 0.6) is 0 Å². The van der Waals surface area contributed by atoms with Crippen LogP contribution in [0.2, 0.25) is 0 Å². The van der Waals surface area contributed by atoms with Gasteiger partial charge in [-0.05, 0) is 48.4 Å². The van der Waals surface area contributed by atoms with Crippen molar-refractivity contribution in [3.63, 3.8) is 0 Å². The highest BCUT2D eigenvalue weighted by molar-refractivity contribution is 8.45. The summed E-state index contributed by atoms with van der Waals surface area (Å²) in [6.07, 6.45) is 6.90. The van der Waals surface area contributed by atoms with Gasteiger partial charge in [0, 0.05) is 0 Å². The van der Waals surface area contributed by atoms with E-state index in [1.54, 1.807) is 0 Å². The lowest BCUT2D eigenvalue weighted by atomic mass is 10.6. The summed E-state index contributed by atoms with van der Waals surface area (Å²) >= 11 is 29.1. The van der Waals surface area contributed by atoms with Gasteiger partial charge in [-0.25, -0.2) is 0 Å². The number of hydrogen-bond acceptors (Lipinski definition) is 13. The summed E-state index contributed by atoms with van der Waals surface area (Å²) in [5.74, 6) is 4.75.